The van der Waals surface area contributed by atoms with Crippen LogP contribution in [0.4, 0.5) is 10.8 Å². The lowest BCUT2D eigenvalue weighted by atomic mass is 10.3. The molecular formula is C11H13N5S. The number of nitrogens with one attached hydrogen (secondary N) is 1. The van der Waals surface area contributed by atoms with Crippen LogP contribution in [0, 0.1) is 5.41 Å². The highest BCUT2D eigenvalue weighted by atomic mass is 32.1. The summed E-state index contributed by atoms with van der Waals surface area (Å²) in [7, 11) is 0. The van der Waals surface area contributed by atoms with E-state index in [4.69, 9.17) is 11.1 Å². The number of nitrogens with zero attached hydrogens (tertiary/aromatic N) is 3. The van der Waals surface area contributed by atoms with Crippen LogP contribution >= 0.6 is 11.3 Å². The van der Waals surface area contributed by atoms with E-state index < -0.39 is 0 Å². The van der Waals surface area contributed by atoms with Gasteiger partial charge in [0.2, 0.25) is 5.13 Å². The molecule has 6 heteroatoms. The number of para-hydroxylation sites is 1. The predicted molar refractivity (Wildman–Crippen MR) is 69.9 cm³/mol. The van der Waals surface area contributed by atoms with Gasteiger partial charge in [-0.25, -0.2) is 0 Å². The third-order valence-corrected chi connectivity index (χ3v) is 2.96. The molecule has 0 bridgehead atoms. The molecule has 0 saturated carbocycles. The van der Waals surface area contributed by atoms with Crippen molar-refractivity contribution < 1.29 is 0 Å². The topological polar surface area (TPSA) is 78.9 Å². The van der Waals surface area contributed by atoms with Gasteiger partial charge >= 0.3 is 0 Å². The smallest absolute Gasteiger partial charge is 0.212 e. The Hall–Kier alpha value is -1.95. The van der Waals surface area contributed by atoms with Crippen LogP contribution in [0.1, 0.15) is 6.42 Å². The molecule has 0 radical (unpaired) electrons. The molecular weight excluding hydrogens is 234 g/mol. The van der Waals surface area contributed by atoms with Crippen LogP contribution < -0.4 is 10.6 Å². The Bertz CT molecular complexity index is 468. The van der Waals surface area contributed by atoms with Crippen molar-refractivity contribution in [2.45, 2.75) is 6.42 Å². The van der Waals surface area contributed by atoms with Crippen LogP contribution in [0.3, 0.4) is 0 Å². The Labute approximate surface area is 103 Å². The second kappa shape index (κ2) is 5.40. The fourth-order valence-electron chi connectivity index (χ4n) is 1.46. The van der Waals surface area contributed by atoms with Crippen molar-refractivity contribution in [2.24, 2.45) is 5.73 Å². The monoisotopic (exact) mass is 247 g/mol. The first-order chi connectivity index (χ1) is 8.27. The zero-order chi connectivity index (χ0) is 12.1. The van der Waals surface area contributed by atoms with Gasteiger partial charge in [0.15, 0.2) is 0 Å². The maximum absolute atomic E-state index is 7.29. The molecule has 1 heterocycles. The van der Waals surface area contributed by atoms with Crippen molar-refractivity contribution in [3.05, 3.63) is 35.8 Å². The molecule has 0 saturated heterocycles. The minimum Gasteiger partial charge on any atom is -0.388 e. The molecule has 1 aromatic heterocycles. The van der Waals surface area contributed by atoms with E-state index in [-0.39, 0.29) is 5.84 Å². The van der Waals surface area contributed by atoms with E-state index in [1.807, 2.05) is 35.2 Å². The number of hydrogen-bond donors (Lipinski definition) is 2. The Balaban J connectivity index is 2.22. The number of rotatable bonds is 5. The van der Waals surface area contributed by atoms with Gasteiger partial charge in [0.05, 0.1) is 5.84 Å². The Morgan fingerprint density at radius 1 is 1.35 bits per heavy atom. The lowest BCUT2D eigenvalue weighted by Crippen LogP contribution is -2.23. The highest BCUT2D eigenvalue weighted by molar-refractivity contribution is 7.13. The maximum Gasteiger partial charge on any atom is 0.212 e. The normalized spacial score (nSPS) is 10.1. The molecule has 2 aromatic rings. The highest BCUT2D eigenvalue weighted by Crippen LogP contribution is 2.25. The molecule has 88 valence electrons. The summed E-state index contributed by atoms with van der Waals surface area (Å²) in [6.45, 7) is 0.633. The maximum atomic E-state index is 7.29. The number of amidine groups is 1. The van der Waals surface area contributed by atoms with Crippen LogP contribution in [0.2, 0.25) is 0 Å². The molecule has 17 heavy (non-hydrogen) atoms. The summed E-state index contributed by atoms with van der Waals surface area (Å²) in [5, 5.41) is 16.0. The molecule has 0 atom stereocenters. The van der Waals surface area contributed by atoms with E-state index in [0.717, 1.165) is 10.8 Å². The van der Waals surface area contributed by atoms with E-state index >= 15 is 0 Å². The average Bonchev–Trinajstić information content (AvgIpc) is 2.84. The third-order valence-electron chi connectivity index (χ3n) is 2.25. The molecule has 0 fully saturated rings. The SMILES string of the molecule is N=C(N)CCN(c1ccccc1)c1nncs1. The number of nitrogens with two attached hydrogens (primary N) is 1. The molecule has 2 rings (SSSR count). The van der Waals surface area contributed by atoms with Crippen molar-refractivity contribution in [3.63, 3.8) is 0 Å². The third kappa shape index (κ3) is 3.01. The summed E-state index contributed by atoms with van der Waals surface area (Å²) < 4.78 is 0. The van der Waals surface area contributed by atoms with Crippen LogP contribution in [0.25, 0.3) is 0 Å². The number of benzene rings is 1. The quantitative estimate of drug-likeness (QED) is 0.625. The van der Waals surface area contributed by atoms with Crippen LogP contribution in [0.5, 0.6) is 0 Å². The number of anilines is 2. The fourth-order valence-corrected chi connectivity index (χ4v) is 2.07. The zero-order valence-electron chi connectivity index (χ0n) is 9.21. The molecule has 0 aliphatic rings. The van der Waals surface area contributed by atoms with Crippen LogP contribution in [-0.2, 0) is 0 Å². The van der Waals surface area contributed by atoms with Crippen LogP contribution in [0.15, 0.2) is 35.8 Å². The summed E-state index contributed by atoms with van der Waals surface area (Å²) in [6, 6.07) is 9.91. The van der Waals surface area contributed by atoms with E-state index in [2.05, 4.69) is 10.2 Å². The average molecular weight is 247 g/mol. The summed E-state index contributed by atoms with van der Waals surface area (Å²) in [5.74, 6) is 0.176. The number of aromatic nitrogens is 2. The van der Waals surface area contributed by atoms with E-state index in [1.165, 1.54) is 11.3 Å². The highest BCUT2D eigenvalue weighted by Gasteiger charge is 2.12. The molecule has 5 nitrogen and oxygen atoms in total. The van der Waals surface area contributed by atoms with Gasteiger partial charge in [0.1, 0.15) is 5.51 Å². The summed E-state index contributed by atoms with van der Waals surface area (Å²) in [4.78, 5) is 2.01. The molecule has 1 aromatic carbocycles. The molecule has 0 aliphatic carbocycles. The van der Waals surface area contributed by atoms with Gasteiger partial charge in [0, 0.05) is 18.7 Å². The van der Waals surface area contributed by atoms with E-state index in [1.54, 1.807) is 5.51 Å². The van der Waals surface area contributed by atoms with Crippen molar-refractivity contribution in [1.29, 1.82) is 5.41 Å². The summed E-state index contributed by atoms with van der Waals surface area (Å²) in [6.07, 6.45) is 0.508. The lowest BCUT2D eigenvalue weighted by Gasteiger charge is -2.20. The Kier molecular flexibility index (Phi) is 3.66. The Morgan fingerprint density at radius 3 is 2.71 bits per heavy atom. The van der Waals surface area contributed by atoms with Gasteiger partial charge in [0.25, 0.3) is 0 Å². The van der Waals surface area contributed by atoms with Gasteiger partial charge in [-0.2, -0.15) is 0 Å². The minimum absolute atomic E-state index is 0.176. The first-order valence-electron chi connectivity index (χ1n) is 5.19. The second-order valence-corrected chi connectivity index (χ2v) is 4.30. The zero-order valence-corrected chi connectivity index (χ0v) is 10.0. The molecule has 0 unspecified atom stereocenters. The van der Waals surface area contributed by atoms with Gasteiger partial charge in [-0.1, -0.05) is 29.5 Å². The van der Waals surface area contributed by atoms with Gasteiger partial charge in [-0.05, 0) is 12.1 Å². The summed E-state index contributed by atoms with van der Waals surface area (Å²) >= 11 is 1.47. The first-order valence-corrected chi connectivity index (χ1v) is 6.07. The molecule has 3 N–H and O–H groups in total. The minimum atomic E-state index is 0.176. The lowest BCUT2D eigenvalue weighted by molar-refractivity contribution is 0.925. The first kappa shape index (κ1) is 11.5. The van der Waals surface area contributed by atoms with Crippen LogP contribution in [-0.4, -0.2) is 22.6 Å². The molecule has 0 aliphatic heterocycles. The van der Waals surface area contributed by atoms with Gasteiger partial charge < -0.3 is 10.6 Å². The molecule has 0 amide bonds. The van der Waals surface area contributed by atoms with Crippen molar-refractivity contribution >= 4 is 28.0 Å². The standard InChI is InChI=1S/C11H13N5S/c12-10(13)6-7-16(11-15-14-8-17-11)9-4-2-1-3-5-9/h1-5,8H,6-7H2,(H3,12,13). The van der Waals surface area contributed by atoms with E-state index in [0.29, 0.717) is 13.0 Å². The molecule has 0 spiro atoms. The van der Waals surface area contributed by atoms with Crippen molar-refractivity contribution in [1.82, 2.24) is 10.2 Å². The fraction of sp³-hybridized carbons (Fsp3) is 0.182. The van der Waals surface area contributed by atoms with Gasteiger partial charge in [-0.3, -0.25) is 5.41 Å². The van der Waals surface area contributed by atoms with Crippen molar-refractivity contribution in [3.8, 4) is 0 Å². The Morgan fingerprint density at radius 2 is 2.12 bits per heavy atom. The predicted octanol–water partition coefficient (Wildman–Crippen LogP) is 2.00. The summed E-state index contributed by atoms with van der Waals surface area (Å²) in [5.41, 5.74) is 8.12. The largest absolute Gasteiger partial charge is 0.388 e. The van der Waals surface area contributed by atoms with Crippen molar-refractivity contribution in [2.75, 3.05) is 11.4 Å². The van der Waals surface area contributed by atoms with E-state index in [9.17, 15) is 0 Å². The number of hydrogen-bond acceptors (Lipinski definition) is 5. The van der Waals surface area contributed by atoms with Gasteiger partial charge in [-0.15, -0.1) is 10.2 Å². The second-order valence-electron chi connectivity index (χ2n) is 3.48.